The van der Waals surface area contributed by atoms with E-state index in [0.29, 0.717) is 11.2 Å². The number of aromatic amines is 1. The number of nitrogen functional groups attached to an aromatic ring is 1. The molecule has 0 fully saturated rings. The molecule has 0 bridgehead atoms. The van der Waals surface area contributed by atoms with E-state index in [1.807, 2.05) is 0 Å². The summed E-state index contributed by atoms with van der Waals surface area (Å²) in [7, 11) is 0. The Labute approximate surface area is 117 Å². The van der Waals surface area contributed by atoms with Crippen molar-refractivity contribution in [2.75, 3.05) is 5.73 Å². The summed E-state index contributed by atoms with van der Waals surface area (Å²) in [6.45, 7) is 7.00. The lowest BCUT2D eigenvalue weighted by Crippen LogP contribution is -2.26. The maximum Gasteiger partial charge on any atom is 0.129 e. The molecule has 1 aliphatic carbocycles. The Kier molecular flexibility index (Phi) is 2.89. The summed E-state index contributed by atoms with van der Waals surface area (Å²) in [5.41, 5.74) is 8.45. The topological polar surface area (TPSA) is 67.6 Å². The van der Waals surface area contributed by atoms with E-state index in [-0.39, 0.29) is 0 Å². The van der Waals surface area contributed by atoms with E-state index in [9.17, 15) is 0 Å². The number of aryl methyl sites for hydroxylation is 1. The first-order valence-corrected chi connectivity index (χ1v) is 7.54. The fourth-order valence-electron chi connectivity index (χ4n) is 2.70. The highest BCUT2D eigenvalue weighted by Gasteiger charge is 2.31. The Hall–Kier alpha value is -1.36. The van der Waals surface area contributed by atoms with Crippen LogP contribution in [-0.4, -0.2) is 15.2 Å². The number of nitrogens with two attached hydrogens (primary N) is 1. The Bertz CT molecular complexity index is 591. The van der Waals surface area contributed by atoms with Crippen LogP contribution in [0.5, 0.6) is 0 Å². The zero-order valence-electron chi connectivity index (χ0n) is 11.7. The summed E-state index contributed by atoms with van der Waals surface area (Å²) in [4.78, 5) is 6.18. The molecular formula is C14H20N4S. The lowest BCUT2D eigenvalue weighted by Gasteiger charge is -2.33. The van der Waals surface area contributed by atoms with Gasteiger partial charge in [0.2, 0.25) is 0 Å². The van der Waals surface area contributed by atoms with Gasteiger partial charge in [0, 0.05) is 4.88 Å². The van der Waals surface area contributed by atoms with Gasteiger partial charge in [-0.2, -0.15) is 5.10 Å². The third kappa shape index (κ3) is 2.27. The number of hydrogen-bond donors (Lipinski definition) is 2. The number of thiazole rings is 1. The van der Waals surface area contributed by atoms with Gasteiger partial charge < -0.3 is 5.73 Å². The summed E-state index contributed by atoms with van der Waals surface area (Å²) in [5.74, 6) is 1.36. The van der Waals surface area contributed by atoms with Crippen LogP contribution in [0.4, 0.5) is 5.82 Å². The largest absolute Gasteiger partial charge is 0.383 e. The van der Waals surface area contributed by atoms with Crippen LogP contribution < -0.4 is 5.73 Å². The number of nitrogens with one attached hydrogen (secondary N) is 1. The molecule has 102 valence electrons. The van der Waals surface area contributed by atoms with E-state index in [2.05, 4.69) is 31.0 Å². The van der Waals surface area contributed by atoms with E-state index in [1.54, 1.807) is 17.5 Å². The quantitative estimate of drug-likeness (QED) is 0.840. The first-order valence-electron chi connectivity index (χ1n) is 6.73. The first kappa shape index (κ1) is 12.7. The van der Waals surface area contributed by atoms with Crippen LogP contribution in [0.25, 0.3) is 10.6 Å². The highest BCUT2D eigenvalue weighted by Crippen LogP contribution is 2.41. The maximum atomic E-state index is 5.88. The van der Waals surface area contributed by atoms with Gasteiger partial charge in [-0.15, -0.1) is 11.3 Å². The molecule has 0 saturated carbocycles. The van der Waals surface area contributed by atoms with Gasteiger partial charge in [0.25, 0.3) is 0 Å². The molecule has 1 atom stereocenters. The second-order valence-electron chi connectivity index (χ2n) is 6.39. The molecule has 2 heterocycles. The molecule has 3 N–H and O–H groups in total. The molecule has 3 rings (SSSR count). The average Bonchev–Trinajstić information content (AvgIpc) is 2.91. The lowest BCUT2D eigenvalue weighted by molar-refractivity contribution is 0.217. The van der Waals surface area contributed by atoms with Gasteiger partial charge >= 0.3 is 0 Å². The van der Waals surface area contributed by atoms with Gasteiger partial charge in [-0.1, -0.05) is 20.8 Å². The molecule has 0 saturated heterocycles. The SMILES string of the molecule is CC(C)(C)C1CCc2nc(-c3cn[nH]c3N)sc2C1. The highest BCUT2D eigenvalue weighted by molar-refractivity contribution is 7.15. The Morgan fingerprint density at radius 1 is 1.42 bits per heavy atom. The molecule has 0 amide bonds. The number of rotatable bonds is 1. The van der Waals surface area contributed by atoms with E-state index < -0.39 is 0 Å². The van der Waals surface area contributed by atoms with Crippen molar-refractivity contribution < 1.29 is 0 Å². The molecule has 0 aliphatic heterocycles. The highest BCUT2D eigenvalue weighted by atomic mass is 32.1. The van der Waals surface area contributed by atoms with Crippen LogP contribution in [0, 0.1) is 11.3 Å². The first-order chi connectivity index (χ1) is 8.95. The van der Waals surface area contributed by atoms with Gasteiger partial charge in [-0.05, 0) is 30.6 Å². The monoisotopic (exact) mass is 276 g/mol. The summed E-state index contributed by atoms with van der Waals surface area (Å²) in [6, 6.07) is 0. The maximum absolute atomic E-state index is 5.88. The Balaban J connectivity index is 1.91. The third-order valence-corrected chi connectivity index (χ3v) is 5.22. The van der Waals surface area contributed by atoms with Crippen molar-refractivity contribution in [1.29, 1.82) is 0 Å². The van der Waals surface area contributed by atoms with Crippen molar-refractivity contribution >= 4 is 17.2 Å². The van der Waals surface area contributed by atoms with E-state index in [1.165, 1.54) is 17.0 Å². The van der Waals surface area contributed by atoms with E-state index >= 15 is 0 Å². The van der Waals surface area contributed by atoms with Crippen molar-refractivity contribution in [3.63, 3.8) is 0 Å². The fraction of sp³-hybridized carbons (Fsp3) is 0.571. The van der Waals surface area contributed by atoms with Gasteiger partial charge in [0.15, 0.2) is 0 Å². The van der Waals surface area contributed by atoms with Gasteiger partial charge in [-0.25, -0.2) is 4.98 Å². The van der Waals surface area contributed by atoms with Crippen LogP contribution in [-0.2, 0) is 12.8 Å². The second kappa shape index (κ2) is 4.34. The second-order valence-corrected chi connectivity index (χ2v) is 7.48. The normalized spacial score (nSPS) is 19.4. The molecular weight excluding hydrogens is 256 g/mol. The third-order valence-electron chi connectivity index (χ3n) is 4.06. The van der Waals surface area contributed by atoms with E-state index in [0.717, 1.165) is 29.3 Å². The minimum Gasteiger partial charge on any atom is -0.383 e. The zero-order valence-corrected chi connectivity index (χ0v) is 12.5. The Morgan fingerprint density at radius 2 is 2.21 bits per heavy atom. The van der Waals surface area contributed by atoms with Crippen LogP contribution >= 0.6 is 11.3 Å². The fourth-order valence-corrected chi connectivity index (χ4v) is 3.91. The van der Waals surface area contributed by atoms with Gasteiger partial charge in [-0.3, -0.25) is 5.10 Å². The standard InChI is InChI=1S/C14H20N4S/c1-14(2,3)8-4-5-10-11(6-8)19-13(17-10)9-7-16-18-12(9)15/h7-8H,4-6H2,1-3H3,(H3,15,16,18). The van der Waals surface area contributed by atoms with Crippen molar-refractivity contribution in [2.24, 2.45) is 11.3 Å². The number of H-pyrrole nitrogens is 1. The predicted molar refractivity (Wildman–Crippen MR) is 79.1 cm³/mol. The van der Waals surface area contributed by atoms with Crippen molar-refractivity contribution in [1.82, 2.24) is 15.2 Å². The molecule has 1 unspecified atom stereocenters. The minimum absolute atomic E-state index is 0.372. The van der Waals surface area contributed by atoms with Crippen molar-refractivity contribution in [3.8, 4) is 10.6 Å². The van der Waals surface area contributed by atoms with Gasteiger partial charge in [0.05, 0.1) is 17.5 Å². The zero-order chi connectivity index (χ0) is 13.6. The van der Waals surface area contributed by atoms with Crippen LogP contribution in [0.3, 0.4) is 0 Å². The van der Waals surface area contributed by atoms with Crippen LogP contribution in [0.1, 0.15) is 37.8 Å². The number of hydrogen-bond acceptors (Lipinski definition) is 4. The molecule has 4 nitrogen and oxygen atoms in total. The number of anilines is 1. The van der Waals surface area contributed by atoms with Crippen LogP contribution in [0.15, 0.2) is 6.20 Å². The molecule has 2 aromatic heterocycles. The van der Waals surface area contributed by atoms with Crippen molar-refractivity contribution in [2.45, 2.75) is 40.0 Å². The average molecular weight is 276 g/mol. The molecule has 2 aromatic rings. The smallest absolute Gasteiger partial charge is 0.129 e. The minimum atomic E-state index is 0.372. The number of aromatic nitrogens is 3. The number of fused-ring (bicyclic) bond motifs is 1. The van der Waals surface area contributed by atoms with Gasteiger partial charge in [0.1, 0.15) is 10.8 Å². The summed E-state index contributed by atoms with van der Waals surface area (Å²) in [5, 5.41) is 7.76. The van der Waals surface area contributed by atoms with Crippen LogP contribution in [0.2, 0.25) is 0 Å². The molecule has 0 spiro atoms. The molecule has 19 heavy (non-hydrogen) atoms. The molecule has 0 aromatic carbocycles. The molecule has 5 heteroatoms. The Morgan fingerprint density at radius 3 is 2.84 bits per heavy atom. The molecule has 0 radical (unpaired) electrons. The predicted octanol–water partition coefficient (Wildman–Crippen LogP) is 3.27. The molecule has 1 aliphatic rings. The number of nitrogens with zero attached hydrogens (tertiary/aromatic N) is 2. The lowest BCUT2D eigenvalue weighted by atomic mass is 9.73. The van der Waals surface area contributed by atoms with Crippen molar-refractivity contribution in [3.05, 3.63) is 16.8 Å². The van der Waals surface area contributed by atoms with E-state index in [4.69, 9.17) is 10.7 Å². The summed E-state index contributed by atoms with van der Waals surface area (Å²) >= 11 is 1.78. The summed E-state index contributed by atoms with van der Waals surface area (Å²) in [6.07, 6.45) is 5.24. The summed E-state index contributed by atoms with van der Waals surface area (Å²) < 4.78 is 0.